The number of amides is 1. The van der Waals surface area contributed by atoms with E-state index in [1.807, 2.05) is 42.5 Å². The van der Waals surface area contributed by atoms with Gasteiger partial charge < -0.3 is 11.1 Å². The van der Waals surface area contributed by atoms with Gasteiger partial charge in [0.25, 0.3) is 0 Å². The van der Waals surface area contributed by atoms with Crippen LogP contribution in [0.25, 0.3) is 0 Å². The fourth-order valence-electron chi connectivity index (χ4n) is 1.88. The molecular weight excluding hydrogens is 284 g/mol. The van der Waals surface area contributed by atoms with Crippen LogP contribution in [0.3, 0.4) is 0 Å². The number of hydrogen-bond acceptors (Lipinski definition) is 3. The summed E-state index contributed by atoms with van der Waals surface area (Å²) in [5.41, 5.74) is 6.92. The Bertz CT molecular complexity index is 629. The van der Waals surface area contributed by atoms with Crippen LogP contribution in [0.5, 0.6) is 0 Å². The van der Waals surface area contributed by atoms with Gasteiger partial charge in [-0.3, -0.25) is 9.00 Å². The molecule has 0 radical (unpaired) electrons. The van der Waals surface area contributed by atoms with Crippen molar-refractivity contribution in [3.63, 3.8) is 0 Å². The van der Waals surface area contributed by atoms with E-state index in [-0.39, 0.29) is 5.91 Å². The highest BCUT2D eigenvalue weighted by Gasteiger charge is 2.07. The lowest BCUT2D eigenvalue weighted by atomic mass is 10.2. The molecule has 1 atom stereocenters. The van der Waals surface area contributed by atoms with Crippen molar-refractivity contribution >= 4 is 28.1 Å². The predicted molar refractivity (Wildman–Crippen MR) is 86.4 cm³/mol. The Balaban J connectivity index is 1.77. The quantitative estimate of drug-likeness (QED) is 0.806. The summed E-state index contributed by atoms with van der Waals surface area (Å²) in [6, 6.07) is 16.4. The molecule has 0 fully saturated rings. The van der Waals surface area contributed by atoms with Crippen LogP contribution in [0, 0.1) is 0 Å². The molecule has 4 nitrogen and oxygen atoms in total. The van der Waals surface area contributed by atoms with Crippen LogP contribution in [0.4, 0.5) is 11.4 Å². The largest absolute Gasteiger partial charge is 0.397 e. The average molecular weight is 302 g/mol. The van der Waals surface area contributed by atoms with E-state index in [0.29, 0.717) is 30.0 Å². The molecular formula is C16H18N2O2S. The Kier molecular flexibility index (Phi) is 5.51. The van der Waals surface area contributed by atoms with E-state index in [2.05, 4.69) is 5.32 Å². The second kappa shape index (κ2) is 7.59. The minimum absolute atomic E-state index is 0.113. The summed E-state index contributed by atoms with van der Waals surface area (Å²) in [5, 5.41) is 2.76. The molecule has 0 spiro atoms. The van der Waals surface area contributed by atoms with Crippen molar-refractivity contribution in [1.82, 2.24) is 0 Å². The smallest absolute Gasteiger partial charge is 0.224 e. The topological polar surface area (TPSA) is 72.2 Å². The van der Waals surface area contributed by atoms with Crippen molar-refractivity contribution in [2.45, 2.75) is 17.7 Å². The number of rotatable bonds is 6. The molecule has 0 saturated heterocycles. The molecule has 0 aliphatic carbocycles. The maximum Gasteiger partial charge on any atom is 0.224 e. The zero-order chi connectivity index (χ0) is 15.1. The summed E-state index contributed by atoms with van der Waals surface area (Å²) in [5.74, 6) is 0.361. The number of hydrogen-bond donors (Lipinski definition) is 2. The predicted octanol–water partition coefficient (Wildman–Crippen LogP) is 2.80. The summed E-state index contributed by atoms with van der Waals surface area (Å²) in [7, 11) is -1.06. The maximum absolute atomic E-state index is 12.0. The molecule has 1 amide bonds. The van der Waals surface area contributed by atoms with Gasteiger partial charge in [0.2, 0.25) is 5.91 Å². The summed E-state index contributed by atoms with van der Waals surface area (Å²) in [6.45, 7) is 0. The molecule has 2 rings (SSSR count). The van der Waals surface area contributed by atoms with E-state index >= 15 is 0 Å². The number of carbonyl (C=O) groups excluding carboxylic acids is 1. The van der Waals surface area contributed by atoms with Crippen molar-refractivity contribution in [2.75, 3.05) is 16.8 Å². The lowest BCUT2D eigenvalue weighted by molar-refractivity contribution is -0.116. The molecule has 0 heterocycles. The van der Waals surface area contributed by atoms with Gasteiger partial charge >= 0.3 is 0 Å². The van der Waals surface area contributed by atoms with Crippen molar-refractivity contribution < 1.29 is 9.00 Å². The van der Waals surface area contributed by atoms with E-state index in [4.69, 9.17) is 5.73 Å². The van der Waals surface area contributed by atoms with Crippen LogP contribution in [-0.2, 0) is 15.6 Å². The molecule has 2 aromatic carbocycles. The number of anilines is 2. The van der Waals surface area contributed by atoms with Gasteiger partial charge in [-0.05, 0) is 30.7 Å². The van der Waals surface area contributed by atoms with Crippen LogP contribution in [0.2, 0.25) is 0 Å². The lowest BCUT2D eigenvalue weighted by Gasteiger charge is -2.07. The van der Waals surface area contributed by atoms with Crippen molar-refractivity contribution in [3.8, 4) is 0 Å². The first-order valence-electron chi connectivity index (χ1n) is 6.74. The van der Waals surface area contributed by atoms with Crippen molar-refractivity contribution in [2.24, 2.45) is 0 Å². The number of carbonyl (C=O) groups is 1. The first kappa shape index (κ1) is 15.3. The number of nitrogens with one attached hydrogen (secondary N) is 1. The highest BCUT2D eigenvalue weighted by molar-refractivity contribution is 7.85. The standard InChI is InChI=1S/C16H18N2O2S/c17-14-9-4-5-10-15(14)18-16(19)11-6-12-21(20)13-7-2-1-3-8-13/h1-5,7-10H,6,11-12,17H2,(H,18,19). The number of nitrogen functional groups attached to an aromatic ring is 1. The molecule has 3 N–H and O–H groups in total. The van der Waals surface area contributed by atoms with Gasteiger partial charge in [-0.1, -0.05) is 30.3 Å². The molecule has 0 saturated carbocycles. The molecule has 0 aliphatic heterocycles. The van der Waals surface area contributed by atoms with Crippen molar-refractivity contribution in [1.29, 1.82) is 0 Å². The van der Waals surface area contributed by atoms with E-state index in [1.54, 1.807) is 12.1 Å². The Morgan fingerprint density at radius 2 is 1.71 bits per heavy atom. The van der Waals surface area contributed by atoms with Crippen LogP contribution < -0.4 is 11.1 Å². The van der Waals surface area contributed by atoms with Crippen LogP contribution in [0.1, 0.15) is 12.8 Å². The van der Waals surface area contributed by atoms with Gasteiger partial charge in [-0.25, -0.2) is 0 Å². The van der Waals surface area contributed by atoms with Crippen LogP contribution >= 0.6 is 0 Å². The number of benzene rings is 2. The first-order chi connectivity index (χ1) is 10.2. The first-order valence-corrected chi connectivity index (χ1v) is 8.06. The third kappa shape index (κ3) is 4.72. The third-order valence-corrected chi connectivity index (χ3v) is 4.43. The summed E-state index contributed by atoms with van der Waals surface area (Å²) in [6.07, 6.45) is 0.896. The van der Waals surface area contributed by atoms with E-state index in [1.165, 1.54) is 0 Å². The Labute approximate surface area is 126 Å². The summed E-state index contributed by atoms with van der Waals surface area (Å²) < 4.78 is 12.0. The SMILES string of the molecule is Nc1ccccc1NC(=O)CCCS(=O)c1ccccc1. The Morgan fingerprint density at radius 3 is 2.43 bits per heavy atom. The zero-order valence-electron chi connectivity index (χ0n) is 11.6. The van der Waals surface area contributed by atoms with Gasteiger partial charge in [0.1, 0.15) is 0 Å². The van der Waals surface area contributed by atoms with Crippen LogP contribution in [-0.4, -0.2) is 15.9 Å². The van der Waals surface area contributed by atoms with Gasteiger partial charge in [0.05, 0.1) is 22.2 Å². The summed E-state index contributed by atoms with van der Waals surface area (Å²) in [4.78, 5) is 12.6. The average Bonchev–Trinajstić information content (AvgIpc) is 2.50. The molecule has 0 bridgehead atoms. The minimum Gasteiger partial charge on any atom is -0.397 e. The van der Waals surface area contributed by atoms with E-state index in [0.717, 1.165) is 4.90 Å². The molecule has 0 aliphatic rings. The Hall–Kier alpha value is -2.14. The molecule has 110 valence electrons. The van der Waals surface area contributed by atoms with E-state index in [9.17, 15) is 9.00 Å². The monoisotopic (exact) mass is 302 g/mol. The Morgan fingerprint density at radius 1 is 1.05 bits per heavy atom. The highest BCUT2D eigenvalue weighted by Crippen LogP contribution is 2.17. The minimum atomic E-state index is -1.06. The van der Waals surface area contributed by atoms with Gasteiger partial charge in [0, 0.05) is 17.1 Å². The van der Waals surface area contributed by atoms with Crippen molar-refractivity contribution in [3.05, 3.63) is 54.6 Å². The highest BCUT2D eigenvalue weighted by atomic mass is 32.2. The maximum atomic E-state index is 12.0. The molecule has 1 unspecified atom stereocenters. The zero-order valence-corrected chi connectivity index (χ0v) is 12.4. The van der Waals surface area contributed by atoms with Gasteiger partial charge in [-0.2, -0.15) is 0 Å². The van der Waals surface area contributed by atoms with Crippen LogP contribution in [0.15, 0.2) is 59.5 Å². The fraction of sp³-hybridized carbons (Fsp3) is 0.188. The molecule has 5 heteroatoms. The molecule has 21 heavy (non-hydrogen) atoms. The normalized spacial score (nSPS) is 11.8. The number of para-hydroxylation sites is 2. The van der Waals surface area contributed by atoms with E-state index < -0.39 is 10.8 Å². The molecule has 2 aromatic rings. The second-order valence-electron chi connectivity index (χ2n) is 4.60. The van der Waals surface area contributed by atoms with Gasteiger partial charge in [-0.15, -0.1) is 0 Å². The van der Waals surface area contributed by atoms with Gasteiger partial charge in [0.15, 0.2) is 0 Å². The lowest BCUT2D eigenvalue weighted by Crippen LogP contribution is -2.13. The number of nitrogens with two attached hydrogens (primary N) is 1. The molecule has 0 aromatic heterocycles. The summed E-state index contributed by atoms with van der Waals surface area (Å²) >= 11 is 0. The third-order valence-electron chi connectivity index (χ3n) is 2.97. The fourth-order valence-corrected chi connectivity index (χ4v) is 2.98. The second-order valence-corrected chi connectivity index (χ2v) is 6.17.